The number of benzene rings is 1. The van der Waals surface area contributed by atoms with Crippen LogP contribution in [0.15, 0.2) is 41.5 Å². The van der Waals surface area contributed by atoms with Crippen molar-refractivity contribution < 1.29 is 9.53 Å². The first-order valence-corrected chi connectivity index (χ1v) is 6.63. The highest BCUT2D eigenvalue weighted by Crippen LogP contribution is 2.36. The smallest absolute Gasteiger partial charge is 0.303 e. The summed E-state index contributed by atoms with van der Waals surface area (Å²) in [5.74, 6) is 2.49. The Morgan fingerprint density at radius 3 is 2.58 bits per heavy atom. The van der Waals surface area contributed by atoms with Crippen molar-refractivity contribution in [2.24, 2.45) is 0 Å². The zero-order valence-electron chi connectivity index (χ0n) is 11.2. The molecule has 0 aliphatic heterocycles. The zero-order valence-corrected chi connectivity index (χ0v) is 11.2. The maximum atomic E-state index is 11.4. The van der Waals surface area contributed by atoms with Crippen LogP contribution in [0.3, 0.4) is 0 Å². The number of hydrogen-bond donors (Lipinski definition) is 0. The number of terminal acetylenes is 1. The monoisotopic (exact) mass is 254 g/mol. The molecule has 0 radical (unpaired) electrons. The van der Waals surface area contributed by atoms with Gasteiger partial charge in [0.15, 0.2) is 0 Å². The molecule has 0 heterocycles. The van der Waals surface area contributed by atoms with E-state index >= 15 is 0 Å². The normalized spacial score (nSPS) is 16.6. The lowest BCUT2D eigenvalue weighted by Gasteiger charge is -2.25. The Hall–Kier alpha value is -2.01. The lowest BCUT2D eigenvalue weighted by atomic mass is 9.86. The number of carbonyl (C=O) groups excluding carboxylic acids is 1. The number of ether oxygens (including phenoxy) is 1. The van der Waals surface area contributed by atoms with Crippen molar-refractivity contribution >= 4 is 5.97 Å². The van der Waals surface area contributed by atoms with E-state index < -0.39 is 0 Å². The van der Waals surface area contributed by atoms with E-state index in [0.29, 0.717) is 0 Å². The van der Waals surface area contributed by atoms with Crippen LogP contribution in [0, 0.1) is 12.3 Å². The minimum atomic E-state index is -0.329. The van der Waals surface area contributed by atoms with Crippen LogP contribution in [0.4, 0.5) is 0 Å². The molecule has 1 aromatic carbocycles. The molecule has 0 saturated carbocycles. The topological polar surface area (TPSA) is 26.3 Å². The third-order valence-corrected chi connectivity index (χ3v) is 3.39. The average Bonchev–Trinajstić information content (AvgIpc) is 2.45. The van der Waals surface area contributed by atoms with Gasteiger partial charge in [-0.15, -0.1) is 6.42 Å². The number of rotatable bonds is 3. The van der Waals surface area contributed by atoms with E-state index in [0.717, 1.165) is 42.4 Å². The highest BCUT2D eigenvalue weighted by Gasteiger charge is 2.24. The minimum Gasteiger partial charge on any atom is -0.453 e. The highest BCUT2D eigenvalue weighted by molar-refractivity contribution is 5.67. The third-order valence-electron chi connectivity index (χ3n) is 3.39. The van der Waals surface area contributed by atoms with Gasteiger partial charge in [-0.2, -0.15) is 0 Å². The van der Waals surface area contributed by atoms with Crippen LogP contribution in [-0.4, -0.2) is 5.97 Å². The summed E-state index contributed by atoms with van der Waals surface area (Å²) in [7, 11) is 0. The van der Waals surface area contributed by atoms with Gasteiger partial charge in [0, 0.05) is 12.5 Å². The van der Waals surface area contributed by atoms with Crippen LogP contribution in [0.2, 0.25) is 0 Å². The second-order valence-corrected chi connectivity index (χ2v) is 4.76. The predicted molar refractivity (Wildman–Crippen MR) is 75.3 cm³/mol. The van der Waals surface area contributed by atoms with Gasteiger partial charge >= 0.3 is 5.97 Å². The Bertz CT molecular complexity index is 520. The van der Waals surface area contributed by atoms with E-state index in [1.54, 1.807) is 0 Å². The van der Waals surface area contributed by atoms with Crippen molar-refractivity contribution in [1.29, 1.82) is 0 Å². The van der Waals surface area contributed by atoms with Crippen molar-refractivity contribution in [1.82, 2.24) is 0 Å². The molecule has 0 bridgehead atoms. The molecule has 0 amide bonds. The van der Waals surface area contributed by atoms with Crippen LogP contribution < -0.4 is 0 Å². The van der Waals surface area contributed by atoms with E-state index in [2.05, 4.69) is 5.92 Å². The molecule has 0 spiro atoms. The molecule has 2 nitrogen and oxygen atoms in total. The summed E-state index contributed by atoms with van der Waals surface area (Å²) in [6.07, 6.45) is 9.30. The largest absolute Gasteiger partial charge is 0.453 e. The Morgan fingerprint density at radius 1 is 1.26 bits per heavy atom. The Labute approximate surface area is 114 Å². The number of esters is 1. The van der Waals surface area contributed by atoms with E-state index in [1.165, 1.54) is 6.92 Å². The molecule has 1 unspecified atom stereocenters. The first-order valence-electron chi connectivity index (χ1n) is 6.63. The molecule has 0 saturated heterocycles. The Balaban J connectivity index is 2.41. The summed E-state index contributed by atoms with van der Waals surface area (Å²) >= 11 is 0. The summed E-state index contributed by atoms with van der Waals surface area (Å²) < 4.78 is 5.52. The Kier molecular flexibility index (Phi) is 4.41. The van der Waals surface area contributed by atoms with Gasteiger partial charge in [0.1, 0.15) is 6.10 Å². The minimum absolute atomic E-state index is 0.275. The Morgan fingerprint density at radius 2 is 1.95 bits per heavy atom. The fourth-order valence-electron chi connectivity index (χ4n) is 2.52. The number of hydrogen-bond acceptors (Lipinski definition) is 2. The molecule has 2 rings (SSSR count). The fraction of sp³-hybridized carbons (Fsp3) is 0.353. The molecule has 1 aliphatic carbocycles. The van der Waals surface area contributed by atoms with Gasteiger partial charge < -0.3 is 4.74 Å². The molecule has 1 aliphatic rings. The van der Waals surface area contributed by atoms with Gasteiger partial charge in [0.2, 0.25) is 0 Å². The van der Waals surface area contributed by atoms with Crippen LogP contribution in [-0.2, 0) is 9.53 Å². The van der Waals surface area contributed by atoms with Crippen molar-refractivity contribution in [3.63, 3.8) is 0 Å². The predicted octanol–water partition coefficient (Wildman–Crippen LogP) is 3.79. The van der Waals surface area contributed by atoms with Gasteiger partial charge in [0.05, 0.1) is 0 Å². The molecule has 98 valence electrons. The van der Waals surface area contributed by atoms with Crippen molar-refractivity contribution in [2.45, 2.75) is 38.7 Å². The molecular weight excluding hydrogens is 236 g/mol. The number of carbonyl (C=O) groups is 1. The van der Waals surface area contributed by atoms with Gasteiger partial charge in [-0.3, -0.25) is 4.79 Å². The lowest BCUT2D eigenvalue weighted by molar-refractivity contribution is -0.145. The van der Waals surface area contributed by atoms with E-state index in [9.17, 15) is 4.79 Å². The molecule has 1 aromatic rings. The summed E-state index contributed by atoms with van der Waals surface area (Å²) in [5.41, 5.74) is 3.08. The van der Waals surface area contributed by atoms with Crippen LogP contribution in [0.1, 0.15) is 44.3 Å². The van der Waals surface area contributed by atoms with Crippen molar-refractivity contribution in [3.05, 3.63) is 47.0 Å². The summed E-state index contributed by atoms with van der Waals surface area (Å²) in [4.78, 5) is 11.4. The zero-order chi connectivity index (χ0) is 13.7. The van der Waals surface area contributed by atoms with Crippen molar-refractivity contribution in [2.75, 3.05) is 0 Å². The molecule has 1 atom stereocenters. The standard InChI is InChI=1S/C17H18O2/c1-3-14-9-7-8-12-16(14)17(19-13(2)18)15-10-5-4-6-11-15/h1,4-6,10-11,17H,7-9,12H2,2H3. The molecular formula is C17H18O2. The van der Waals surface area contributed by atoms with Gasteiger partial charge in [-0.05, 0) is 36.8 Å². The first kappa shape index (κ1) is 13.4. The van der Waals surface area contributed by atoms with E-state index in [-0.39, 0.29) is 12.1 Å². The van der Waals surface area contributed by atoms with Crippen molar-refractivity contribution in [3.8, 4) is 12.3 Å². The molecule has 2 heteroatoms. The van der Waals surface area contributed by atoms with Crippen LogP contribution >= 0.6 is 0 Å². The molecule has 19 heavy (non-hydrogen) atoms. The third kappa shape index (κ3) is 3.26. The SMILES string of the molecule is C#CC1=C(C(OC(C)=O)c2ccccc2)CCCC1. The summed E-state index contributed by atoms with van der Waals surface area (Å²) in [6, 6.07) is 9.80. The van der Waals surface area contributed by atoms with Gasteiger partial charge in [-0.25, -0.2) is 0 Å². The average molecular weight is 254 g/mol. The highest BCUT2D eigenvalue weighted by atomic mass is 16.5. The maximum absolute atomic E-state index is 11.4. The first-order chi connectivity index (χ1) is 9.22. The van der Waals surface area contributed by atoms with E-state index in [1.807, 2.05) is 30.3 Å². The van der Waals surface area contributed by atoms with Crippen LogP contribution in [0.25, 0.3) is 0 Å². The van der Waals surface area contributed by atoms with E-state index in [4.69, 9.17) is 11.2 Å². The van der Waals surface area contributed by atoms with Gasteiger partial charge in [-0.1, -0.05) is 36.3 Å². The lowest BCUT2D eigenvalue weighted by Crippen LogP contribution is -2.15. The van der Waals surface area contributed by atoms with Crippen LogP contribution in [0.5, 0.6) is 0 Å². The second-order valence-electron chi connectivity index (χ2n) is 4.76. The summed E-state index contributed by atoms with van der Waals surface area (Å²) in [5, 5.41) is 0. The quantitative estimate of drug-likeness (QED) is 0.606. The second kappa shape index (κ2) is 6.24. The fourth-order valence-corrected chi connectivity index (χ4v) is 2.52. The summed E-state index contributed by atoms with van der Waals surface area (Å²) in [6.45, 7) is 1.44. The molecule has 0 N–H and O–H groups in total. The molecule has 0 aromatic heterocycles. The maximum Gasteiger partial charge on any atom is 0.303 e. The van der Waals surface area contributed by atoms with Gasteiger partial charge in [0.25, 0.3) is 0 Å². The number of allylic oxidation sites excluding steroid dienone is 1. The molecule has 0 fully saturated rings.